The van der Waals surface area contributed by atoms with Crippen LogP contribution in [0, 0.1) is 0 Å². The van der Waals surface area contributed by atoms with E-state index in [4.69, 9.17) is 0 Å². The fraction of sp³-hybridized carbons (Fsp3) is 0.429. The predicted octanol–water partition coefficient (Wildman–Crippen LogP) is 0.391. The number of carbonyl (C=O) groups is 1. The van der Waals surface area contributed by atoms with Crippen molar-refractivity contribution < 1.29 is 4.79 Å². The van der Waals surface area contributed by atoms with Crippen molar-refractivity contribution >= 4 is 11.7 Å². The minimum Gasteiger partial charge on any atom is -0.352 e. The molecule has 2 aromatic heterocycles. The van der Waals surface area contributed by atoms with E-state index < -0.39 is 0 Å². The first-order valence-electron chi connectivity index (χ1n) is 7.02. The van der Waals surface area contributed by atoms with Crippen LogP contribution < -0.4 is 10.2 Å². The zero-order valence-corrected chi connectivity index (χ0v) is 12.2. The SMILES string of the molecule is CCc1cc(N2CC(NC(=O)c3ccn(C)n3)C2)ncn1. The van der Waals surface area contributed by atoms with E-state index in [9.17, 15) is 4.79 Å². The lowest BCUT2D eigenvalue weighted by Crippen LogP contribution is -2.59. The molecule has 1 aliphatic rings. The van der Waals surface area contributed by atoms with Gasteiger partial charge in [0.25, 0.3) is 5.91 Å². The number of amides is 1. The molecule has 7 heteroatoms. The van der Waals surface area contributed by atoms with Crippen LogP contribution in [-0.4, -0.2) is 44.8 Å². The molecule has 7 nitrogen and oxygen atoms in total. The maximum absolute atomic E-state index is 12.0. The van der Waals surface area contributed by atoms with Crippen molar-refractivity contribution in [3.05, 3.63) is 36.0 Å². The van der Waals surface area contributed by atoms with Crippen LogP contribution in [0.4, 0.5) is 5.82 Å². The van der Waals surface area contributed by atoms with Crippen molar-refractivity contribution in [2.45, 2.75) is 19.4 Å². The van der Waals surface area contributed by atoms with Crippen molar-refractivity contribution in [3.8, 4) is 0 Å². The Bertz CT molecular complexity index is 646. The summed E-state index contributed by atoms with van der Waals surface area (Å²) in [5.41, 5.74) is 1.48. The van der Waals surface area contributed by atoms with Crippen molar-refractivity contribution in [1.82, 2.24) is 25.1 Å². The second-order valence-electron chi connectivity index (χ2n) is 5.17. The summed E-state index contributed by atoms with van der Waals surface area (Å²) in [6, 6.07) is 3.85. The van der Waals surface area contributed by atoms with Gasteiger partial charge >= 0.3 is 0 Å². The lowest BCUT2D eigenvalue weighted by Gasteiger charge is -2.40. The average Bonchev–Trinajstić information content (AvgIpc) is 2.89. The van der Waals surface area contributed by atoms with Gasteiger partial charge in [0.15, 0.2) is 0 Å². The second-order valence-corrected chi connectivity index (χ2v) is 5.17. The van der Waals surface area contributed by atoms with Gasteiger partial charge in [0.05, 0.1) is 6.04 Å². The number of nitrogens with one attached hydrogen (secondary N) is 1. The fourth-order valence-corrected chi connectivity index (χ4v) is 2.30. The van der Waals surface area contributed by atoms with E-state index >= 15 is 0 Å². The number of anilines is 1. The quantitative estimate of drug-likeness (QED) is 0.880. The van der Waals surface area contributed by atoms with Crippen LogP contribution in [0.15, 0.2) is 24.7 Å². The van der Waals surface area contributed by atoms with Gasteiger partial charge in [-0.2, -0.15) is 5.10 Å². The van der Waals surface area contributed by atoms with E-state index in [1.165, 1.54) is 0 Å². The van der Waals surface area contributed by atoms with Crippen molar-refractivity contribution in [2.24, 2.45) is 7.05 Å². The molecule has 1 saturated heterocycles. The normalized spacial score (nSPS) is 14.9. The summed E-state index contributed by atoms with van der Waals surface area (Å²) in [6.45, 7) is 3.59. The van der Waals surface area contributed by atoms with Crippen LogP contribution in [0.1, 0.15) is 23.1 Å². The van der Waals surface area contributed by atoms with Gasteiger partial charge in [-0.3, -0.25) is 9.48 Å². The Morgan fingerprint density at radius 3 is 2.90 bits per heavy atom. The highest BCUT2D eigenvalue weighted by molar-refractivity contribution is 5.92. The van der Waals surface area contributed by atoms with E-state index in [2.05, 4.69) is 32.2 Å². The molecule has 3 heterocycles. The summed E-state index contributed by atoms with van der Waals surface area (Å²) in [7, 11) is 1.79. The summed E-state index contributed by atoms with van der Waals surface area (Å²) in [6.07, 6.45) is 4.24. The Hall–Kier alpha value is -2.44. The molecule has 1 aliphatic heterocycles. The van der Waals surface area contributed by atoms with Gasteiger partial charge in [-0.05, 0) is 12.5 Å². The zero-order chi connectivity index (χ0) is 14.8. The van der Waals surface area contributed by atoms with E-state index in [1.54, 1.807) is 30.3 Å². The molecule has 0 aliphatic carbocycles. The average molecular weight is 286 g/mol. The van der Waals surface area contributed by atoms with Crippen molar-refractivity contribution in [2.75, 3.05) is 18.0 Å². The molecule has 3 rings (SSSR count). The summed E-state index contributed by atoms with van der Waals surface area (Å²) in [4.78, 5) is 22.6. The summed E-state index contributed by atoms with van der Waals surface area (Å²) < 4.78 is 1.62. The third-order valence-electron chi connectivity index (χ3n) is 3.56. The monoisotopic (exact) mass is 286 g/mol. The number of hydrogen-bond donors (Lipinski definition) is 1. The van der Waals surface area contributed by atoms with Crippen LogP contribution >= 0.6 is 0 Å². The van der Waals surface area contributed by atoms with Gasteiger partial charge in [0, 0.05) is 38.1 Å². The van der Waals surface area contributed by atoms with Gasteiger partial charge in [0.1, 0.15) is 17.8 Å². The zero-order valence-electron chi connectivity index (χ0n) is 12.2. The van der Waals surface area contributed by atoms with Crippen LogP contribution in [0.25, 0.3) is 0 Å². The number of hydrogen-bond acceptors (Lipinski definition) is 5. The molecular formula is C14H18N6O. The molecule has 0 spiro atoms. The first-order valence-corrected chi connectivity index (χ1v) is 7.02. The first kappa shape index (κ1) is 13.5. The fourth-order valence-electron chi connectivity index (χ4n) is 2.30. The number of rotatable bonds is 4. The Labute approximate surface area is 123 Å². The molecule has 0 unspecified atom stereocenters. The minimum atomic E-state index is -0.128. The molecule has 1 fully saturated rings. The molecule has 0 aromatic carbocycles. The molecule has 110 valence electrons. The molecule has 0 atom stereocenters. The number of nitrogens with zero attached hydrogens (tertiary/aromatic N) is 5. The van der Waals surface area contributed by atoms with Gasteiger partial charge in [-0.25, -0.2) is 9.97 Å². The highest BCUT2D eigenvalue weighted by Gasteiger charge is 2.29. The molecule has 1 amide bonds. The number of aromatic nitrogens is 4. The molecule has 0 bridgehead atoms. The molecule has 0 saturated carbocycles. The highest BCUT2D eigenvalue weighted by Crippen LogP contribution is 2.18. The van der Waals surface area contributed by atoms with E-state index in [-0.39, 0.29) is 11.9 Å². The van der Waals surface area contributed by atoms with Crippen LogP contribution in [0.5, 0.6) is 0 Å². The maximum atomic E-state index is 12.0. The highest BCUT2D eigenvalue weighted by atomic mass is 16.2. The van der Waals surface area contributed by atoms with Gasteiger partial charge in [0.2, 0.25) is 0 Å². The summed E-state index contributed by atoms with van der Waals surface area (Å²) in [5.74, 6) is 0.794. The van der Waals surface area contributed by atoms with Crippen molar-refractivity contribution in [3.63, 3.8) is 0 Å². The Morgan fingerprint density at radius 2 is 2.24 bits per heavy atom. The topological polar surface area (TPSA) is 75.9 Å². The summed E-state index contributed by atoms with van der Waals surface area (Å²) in [5, 5.41) is 7.07. The van der Waals surface area contributed by atoms with Crippen LogP contribution in [0.3, 0.4) is 0 Å². The summed E-state index contributed by atoms with van der Waals surface area (Å²) >= 11 is 0. The van der Waals surface area contributed by atoms with Gasteiger partial charge in [-0.15, -0.1) is 0 Å². The molecule has 1 N–H and O–H groups in total. The molecule has 2 aromatic rings. The standard InChI is InChI=1S/C14H18N6O/c1-3-10-6-13(16-9-15-10)20-7-11(8-20)17-14(21)12-4-5-19(2)18-12/h4-6,9,11H,3,7-8H2,1-2H3,(H,17,21). The van der Waals surface area contributed by atoms with Gasteiger partial charge in [-0.1, -0.05) is 6.92 Å². The van der Waals surface area contributed by atoms with Gasteiger partial charge < -0.3 is 10.2 Å². The Morgan fingerprint density at radius 1 is 1.43 bits per heavy atom. The minimum absolute atomic E-state index is 0.128. The Balaban J connectivity index is 1.54. The lowest BCUT2D eigenvalue weighted by molar-refractivity contribution is 0.0924. The van der Waals surface area contributed by atoms with E-state index in [1.807, 2.05) is 6.07 Å². The third kappa shape index (κ3) is 2.86. The van der Waals surface area contributed by atoms with E-state index in [0.29, 0.717) is 5.69 Å². The van der Waals surface area contributed by atoms with E-state index in [0.717, 1.165) is 31.0 Å². The molecule has 0 radical (unpaired) electrons. The van der Waals surface area contributed by atoms with Crippen LogP contribution in [-0.2, 0) is 13.5 Å². The number of carbonyl (C=O) groups excluding carboxylic acids is 1. The predicted molar refractivity (Wildman–Crippen MR) is 78.1 cm³/mol. The first-order chi connectivity index (χ1) is 10.2. The maximum Gasteiger partial charge on any atom is 0.272 e. The largest absolute Gasteiger partial charge is 0.352 e. The smallest absolute Gasteiger partial charge is 0.272 e. The van der Waals surface area contributed by atoms with Crippen LogP contribution in [0.2, 0.25) is 0 Å². The third-order valence-corrected chi connectivity index (χ3v) is 3.56. The lowest BCUT2D eigenvalue weighted by atomic mass is 10.1. The van der Waals surface area contributed by atoms with Crippen molar-refractivity contribution in [1.29, 1.82) is 0 Å². The Kier molecular flexibility index (Phi) is 3.55. The molecular weight excluding hydrogens is 268 g/mol. The second kappa shape index (κ2) is 5.51. The number of aryl methyl sites for hydroxylation is 2. The molecule has 21 heavy (non-hydrogen) atoms.